The topological polar surface area (TPSA) is 89.4 Å². The number of amides is 2. The molecule has 0 saturated heterocycles. The summed E-state index contributed by atoms with van der Waals surface area (Å²) in [6, 6.07) is 9.99. The maximum absolute atomic E-state index is 12.0. The van der Waals surface area contributed by atoms with Crippen LogP contribution in [0.5, 0.6) is 0 Å². The lowest BCUT2D eigenvalue weighted by atomic mass is 10.1. The third kappa shape index (κ3) is 6.58. The van der Waals surface area contributed by atoms with Crippen molar-refractivity contribution >= 4 is 23.6 Å². The standard InChI is InChI=1S/C14H21N3O2S/c15-7-9-17(14(19)11-20-10-13(16)18)8-6-12-4-2-1-3-5-12/h1-5H,6-11,15H2,(H2,16,18). The number of benzene rings is 1. The molecule has 0 aliphatic rings. The molecule has 1 aromatic carbocycles. The fourth-order valence-electron chi connectivity index (χ4n) is 1.76. The van der Waals surface area contributed by atoms with E-state index in [2.05, 4.69) is 0 Å². The summed E-state index contributed by atoms with van der Waals surface area (Å²) in [6.45, 7) is 1.60. The summed E-state index contributed by atoms with van der Waals surface area (Å²) >= 11 is 1.24. The third-order valence-corrected chi connectivity index (χ3v) is 3.67. The monoisotopic (exact) mass is 295 g/mol. The molecule has 0 bridgehead atoms. The van der Waals surface area contributed by atoms with Crippen LogP contribution in [0.2, 0.25) is 0 Å². The average molecular weight is 295 g/mol. The number of carbonyl (C=O) groups is 2. The first kappa shape index (κ1) is 16.5. The van der Waals surface area contributed by atoms with Crippen molar-refractivity contribution in [1.82, 2.24) is 4.90 Å². The van der Waals surface area contributed by atoms with Crippen molar-refractivity contribution in [3.05, 3.63) is 35.9 Å². The minimum Gasteiger partial charge on any atom is -0.369 e. The summed E-state index contributed by atoms with van der Waals surface area (Å²) in [5.74, 6) is 0.0219. The molecule has 0 fully saturated rings. The Morgan fingerprint density at radius 2 is 1.80 bits per heavy atom. The van der Waals surface area contributed by atoms with Crippen molar-refractivity contribution in [2.75, 3.05) is 31.1 Å². The van der Waals surface area contributed by atoms with E-state index in [9.17, 15) is 9.59 Å². The first-order chi connectivity index (χ1) is 9.63. The van der Waals surface area contributed by atoms with Gasteiger partial charge in [0.15, 0.2) is 0 Å². The van der Waals surface area contributed by atoms with Crippen LogP contribution in [-0.2, 0) is 16.0 Å². The number of primary amides is 1. The van der Waals surface area contributed by atoms with Gasteiger partial charge < -0.3 is 16.4 Å². The van der Waals surface area contributed by atoms with E-state index in [1.807, 2.05) is 30.3 Å². The molecule has 0 radical (unpaired) electrons. The maximum atomic E-state index is 12.0. The van der Waals surface area contributed by atoms with E-state index < -0.39 is 5.91 Å². The summed E-state index contributed by atoms with van der Waals surface area (Å²) in [4.78, 5) is 24.4. The number of nitrogens with two attached hydrogens (primary N) is 2. The zero-order valence-corrected chi connectivity index (χ0v) is 12.3. The number of thioether (sulfide) groups is 1. The minimum atomic E-state index is -0.405. The highest BCUT2D eigenvalue weighted by Crippen LogP contribution is 2.05. The average Bonchev–Trinajstić information content (AvgIpc) is 2.44. The van der Waals surface area contributed by atoms with Gasteiger partial charge in [0.2, 0.25) is 11.8 Å². The fourth-order valence-corrected chi connectivity index (χ4v) is 2.42. The van der Waals surface area contributed by atoms with Crippen LogP contribution in [0.1, 0.15) is 5.56 Å². The van der Waals surface area contributed by atoms with Gasteiger partial charge in [0, 0.05) is 19.6 Å². The molecule has 0 aromatic heterocycles. The van der Waals surface area contributed by atoms with E-state index in [4.69, 9.17) is 11.5 Å². The van der Waals surface area contributed by atoms with Gasteiger partial charge in [0.25, 0.3) is 0 Å². The lowest BCUT2D eigenvalue weighted by molar-refractivity contribution is -0.128. The molecular weight excluding hydrogens is 274 g/mol. The number of rotatable bonds is 9. The van der Waals surface area contributed by atoms with Crippen LogP contribution >= 0.6 is 11.8 Å². The maximum Gasteiger partial charge on any atom is 0.232 e. The Balaban J connectivity index is 2.42. The summed E-state index contributed by atoms with van der Waals surface area (Å²) in [5, 5.41) is 0. The molecule has 0 aliphatic carbocycles. The van der Waals surface area contributed by atoms with Gasteiger partial charge in [0.05, 0.1) is 11.5 Å². The second-order valence-electron chi connectivity index (χ2n) is 4.36. The molecule has 6 heteroatoms. The fraction of sp³-hybridized carbons (Fsp3) is 0.429. The molecule has 1 rings (SSSR count). The Morgan fingerprint density at radius 3 is 2.40 bits per heavy atom. The number of hydrogen-bond acceptors (Lipinski definition) is 4. The second kappa shape index (κ2) is 9.39. The molecule has 20 heavy (non-hydrogen) atoms. The molecular formula is C14H21N3O2S. The predicted octanol–water partition coefficient (Wildman–Crippen LogP) is 0.235. The molecule has 110 valence electrons. The van der Waals surface area contributed by atoms with Gasteiger partial charge in [-0.2, -0.15) is 0 Å². The highest BCUT2D eigenvalue weighted by atomic mass is 32.2. The Kier molecular flexibility index (Phi) is 7.75. The smallest absolute Gasteiger partial charge is 0.232 e. The molecule has 0 unspecified atom stereocenters. The summed E-state index contributed by atoms with van der Waals surface area (Å²) < 4.78 is 0. The van der Waals surface area contributed by atoms with Gasteiger partial charge in [-0.1, -0.05) is 30.3 Å². The molecule has 0 aliphatic heterocycles. The highest BCUT2D eigenvalue weighted by Gasteiger charge is 2.13. The van der Waals surface area contributed by atoms with E-state index in [1.165, 1.54) is 17.3 Å². The Morgan fingerprint density at radius 1 is 1.10 bits per heavy atom. The van der Waals surface area contributed by atoms with Crippen molar-refractivity contribution in [3.8, 4) is 0 Å². The van der Waals surface area contributed by atoms with Crippen molar-refractivity contribution in [2.45, 2.75) is 6.42 Å². The van der Waals surface area contributed by atoms with Gasteiger partial charge in [-0.05, 0) is 12.0 Å². The van der Waals surface area contributed by atoms with Crippen LogP contribution in [-0.4, -0.2) is 47.9 Å². The third-order valence-electron chi connectivity index (χ3n) is 2.73. The van der Waals surface area contributed by atoms with E-state index in [1.54, 1.807) is 4.90 Å². The molecule has 0 heterocycles. The van der Waals surface area contributed by atoms with Gasteiger partial charge in [0.1, 0.15) is 0 Å². The number of nitrogens with zero attached hydrogens (tertiary/aromatic N) is 1. The van der Waals surface area contributed by atoms with Crippen molar-refractivity contribution in [2.24, 2.45) is 11.5 Å². The van der Waals surface area contributed by atoms with Crippen molar-refractivity contribution in [3.63, 3.8) is 0 Å². The largest absolute Gasteiger partial charge is 0.369 e. The molecule has 2 amide bonds. The van der Waals surface area contributed by atoms with Gasteiger partial charge in [-0.25, -0.2) is 0 Å². The summed E-state index contributed by atoms with van der Waals surface area (Å²) in [5.41, 5.74) is 11.8. The quantitative estimate of drug-likeness (QED) is 0.682. The van der Waals surface area contributed by atoms with Crippen LogP contribution in [0.15, 0.2) is 30.3 Å². The van der Waals surface area contributed by atoms with Crippen LogP contribution in [0.4, 0.5) is 0 Å². The van der Waals surface area contributed by atoms with Gasteiger partial charge in [-0.3, -0.25) is 9.59 Å². The molecule has 0 atom stereocenters. The molecule has 5 nitrogen and oxygen atoms in total. The summed E-state index contributed by atoms with van der Waals surface area (Å²) in [7, 11) is 0. The SMILES string of the molecule is NCCN(CCc1ccccc1)C(=O)CSCC(N)=O. The van der Waals surface area contributed by atoms with Crippen molar-refractivity contribution in [1.29, 1.82) is 0 Å². The number of carbonyl (C=O) groups excluding carboxylic acids is 2. The first-order valence-corrected chi connectivity index (χ1v) is 7.66. The molecule has 0 spiro atoms. The van der Waals surface area contributed by atoms with E-state index in [0.29, 0.717) is 19.6 Å². The van der Waals surface area contributed by atoms with Crippen LogP contribution in [0.25, 0.3) is 0 Å². The molecule has 0 saturated carbocycles. The second-order valence-corrected chi connectivity index (χ2v) is 5.35. The van der Waals surface area contributed by atoms with Gasteiger partial charge in [-0.15, -0.1) is 11.8 Å². The zero-order chi connectivity index (χ0) is 14.8. The van der Waals surface area contributed by atoms with Crippen LogP contribution in [0, 0.1) is 0 Å². The summed E-state index contributed by atoms with van der Waals surface area (Å²) in [6.07, 6.45) is 0.799. The van der Waals surface area contributed by atoms with E-state index in [-0.39, 0.29) is 17.4 Å². The van der Waals surface area contributed by atoms with Crippen LogP contribution < -0.4 is 11.5 Å². The highest BCUT2D eigenvalue weighted by molar-refractivity contribution is 8.00. The minimum absolute atomic E-state index is 0.00219. The van der Waals surface area contributed by atoms with Crippen molar-refractivity contribution < 1.29 is 9.59 Å². The van der Waals surface area contributed by atoms with E-state index in [0.717, 1.165) is 6.42 Å². The van der Waals surface area contributed by atoms with Crippen LogP contribution in [0.3, 0.4) is 0 Å². The predicted molar refractivity (Wildman–Crippen MR) is 82.3 cm³/mol. The lowest BCUT2D eigenvalue weighted by Gasteiger charge is -2.22. The normalized spacial score (nSPS) is 10.2. The number of hydrogen-bond donors (Lipinski definition) is 2. The Hall–Kier alpha value is -1.53. The van der Waals surface area contributed by atoms with E-state index >= 15 is 0 Å². The molecule has 1 aromatic rings. The zero-order valence-electron chi connectivity index (χ0n) is 11.5. The lowest BCUT2D eigenvalue weighted by Crippen LogP contribution is -2.38. The van der Waals surface area contributed by atoms with Gasteiger partial charge >= 0.3 is 0 Å². The Bertz CT molecular complexity index is 426. The Labute approximate surface area is 123 Å². The molecule has 4 N–H and O–H groups in total. The first-order valence-electron chi connectivity index (χ1n) is 6.51.